The molecule has 2 rings (SSSR count). The van der Waals surface area contributed by atoms with Crippen LogP contribution in [-0.4, -0.2) is 101 Å². The number of carbonyl (C=O) groups is 3. The molecular formula is C29H53N3O8. The Morgan fingerprint density at radius 1 is 1.02 bits per heavy atom. The Hall–Kier alpha value is -1.79. The quantitative estimate of drug-likeness (QED) is 0.185. The summed E-state index contributed by atoms with van der Waals surface area (Å²) in [6.45, 7) is 11.3. The molecule has 0 aromatic rings. The molecule has 0 bridgehead atoms. The van der Waals surface area contributed by atoms with E-state index in [0.717, 1.165) is 38.6 Å². The van der Waals surface area contributed by atoms with Gasteiger partial charge in [-0.3, -0.25) is 14.4 Å². The Labute approximate surface area is 239 Å². The summed E-state index contributed by atoms with van der Waals surface area (Å²) in [5.74, 6) is 0.352. The summed E-state index contributed by atoms with van der Waals surface area (Å²) in [7, 11) is 0. The molecule has 5 N–H and O–H groups in total. The molecule has 0 aromatic carbocycles. The molecule has 3 amide bonds. The molecule has 2 aliphatic rings. The van der Waals surface area contributed by atoms with Crippen molar-refractivity contribution in [2.24, 2.45) is 11.3 Å². The number of likely N-dealkylation sites (tertiary alicyclic amines) is 1. The summed E-state index contributed by atoms with van der Waals surface area (Å²) in [5.41, 5.74) is 0.205. The molecule has 40 heavy (non-hydrogen) atoms. The molecule has 7 atom stereocenters. The molecule has 2 saturated heterocycles. The van der Waals surface area contributed by atoms with Crippen molar-refractivity contribution in [3.05, 3.63) is 0 Å². The zero-order chi connectivity index (χ0) is 29.9. The summed E-state index contributed by atoms with van der Waals surface area (Å²) in [6.07, 6.45) is 1.93. The molecule has 0 radical (unpaired) electrons. The van der Waals surface area contributed by atoms with Crippen molar-refractivity contribution >= 4 is 17.7 Å². The number of aliphatic hydroxyl groups is 3. The average Bonchev–Trinajstić information content (AvgIpc) is 3.22. The maximum absolute atomic E-state index is 12.8. The van der Waals surface area contributed by atoms with Crippen molar-refractivity contribution in [2.75, 3.05) is 26.3 Å². The number of aliphatic hydroxyl groups excluding tert-OH is 3. The van der Waals surface area contributed by atoms with E-state index in [4.69, 9.17) is 9.47 Å². The Morgan fingerprint density at radius 3 is 2.38 bits per heavy atom. The van der Waals surface area contributed by atoms with Crippen LogP contribution < -0.4 is 10.6 Å². The molecule has 11 heteroatoms. The molecule has 11 nitrogen and oxygen atoms in total. The number of nitrogens with one attached hydrogen (secondary N) is 2. The van der Waals surface area contributed by atoms with Gasteiger partial charge in [-0.15, -0.1) is 0 Å². The summed E-state index contributed by atoms with van der Waals surface area (Å²) < 4.78 is 11.2. The third kappa shape index (κ3) is 11.6. The van der Waals surface area contributed by atoms with Crippen LogP contribution >= 0.6 is 0 Å². The van der Waals surface area contributed by atoms with Gasteiger partial charge in [0.25, 0.3) is 0 Å². The zero-order valence-electron chi connectivity index (χ0n) is 25.1. The van der Waals surface area contributed by atoms with E-state index in [2.05, 4.69) is 43.2 Å². The number of ether oxygens (including phenoxy) is 2. The SMILES string of the molecule is CC(=O)NC1[C@H](OCCCCC(=O)NCCCCCC(=O)N2C[C@H](C)C[C@H]2CC(C)(C)C)OC(CO)[C@H](O)[C@@H]1O. The number of rotatable bonds is 15. The van der Waals surface area contributed by atoms with Crippen LogP contribution in [0.15, 0.2) is 0 Å². The van der Waals surface area contributed by atoms with Crippen molar-refractivity contribution in [1.82, 2.24) is 15.5 Å². The molecule has 0 spiro atoms. The van der Waals surface area contributed by atoms with Crippen molar-refractivity contribution in [2.45, 2.75) is 129 Å². The Bertz CT molecular complexity index is 805. The van der Waals surface area contributed by atoms with Crippen molar-refractivity contribution in [1.29, 1.82) is 0 Å². The fourth-order valence-electron chi connectivity index (χ4n) is 5.59. The summed E-state index contributed by atoms with van der Waals surface area (Å²) in [6, 6.07) is -0.629. The van der Waals surface area contributed by atoms with E-state index >= 15 is 0 Å². The first kappa shape index (κ1) is 34.4. The highest BCUT2D eigenvalue weighted by Gasteiger charge is 2.45. The number of amides is 3. The number of carbonyl (C=O) groups excluding carboxylic acids is 3. The van der Waals surface area contributed by atoms with Crippen LogP contribution in [0.3, 0.4) is 0 Å². The van der Waals surface area contributed by atoms with Gasteiger partial charge in [0.2, 0.25) is 17.7 Å². The fraction of sp³-hybridized carbons (Fsp3) is 0.897. The number of hydrogen-bond acceptors (Lipinski definition) is 8. The van der Waals surface area contributed by atoms with E-state index < -0.39 is 43.2 Å². The van der Waals surface area contributed by atoms with Gasteiger partial charge >= 0.3 is 0 Å². The second kappa shape index (κ2) is 16.6. The number of hydrogen-bond donors (Lipinski definition) is 5. The molecule has 2 fully saturated rings. The highest BCUT2D eigenvalue weighted by molar-refractivity contribution is 5.77. The van der Waals surface area contributed by atoms with Gasteiger partial charge in [-0.25, -0.2) is 0 Å². The van der Waals surface area contributed by atoms with Gasteiger partial charge in [-0.05, 0) is 49.9 Å². The predicted molar refractivity (Wildman–Crippen MR) is 150 cm³/mol. The van der Waals surface area contributed by atoms with Crippen molar-refractivity contribution < 1.29 is 39.2 Å². The van der Waals surface area contributed by atoms with E-state index in [1.807, 2.05) is 0 Å². The first-order valence-electron chi connectivity index (χ1n) is 14.9. The highest BCUT2D eigenvalue weighted by Crippen LogP contribution is 2.33. The molecule has 2 aliphatic heterocycles. The minimum Gasteiger partial charge on any atom is -0.394 e. The van der Waals surface area contributed by atoms with Crippen LogP contribution in [0.5, 0.6) is 0 Å². The largest absolute Gasteiger partial charge is 0.394 e. The first-order valence-corrected chi connectivity index (χ1v) is 14.9. The van der Waals surface area contributed by atoms with E-state index in [0.29, 0.717) is 44.2 Å². The first-order chi connectivity index (χ1) is 18.8. The lowest BCUT2D eigenvalue weighted by molar-refractivity contribution is -0.270. The molecule has 0 aromatic heterocycles. The monoisotopic (exact) mass is 571 g/mol. The Balaban J connectivity index is 1.57. The number of unbranched alkanes of at least 4 members (excludes halogenated alkanes) is 3. The van der Waals surface area contributed by atoms with Gasteiger partial charge in [0.1, 0.15) is 24.4 Å². The molecular weight excluding hydrogens is 518 g/mol. The lowest BCUT2D eigenvalue weighted by atomic mass is 9.86. The Kier molecular flexibility index (Phi) is 14.3. The standard InChI is InChI=1S/C29H53N3O8/c1-19-15-21(16-29(3,4)5)32(17-19)24(36)12-7-6-9-13-30-23(35)11-8-10-14-39-28-25(31-20(2)34)27(38)26(37)22(18-33)40-28/h19,21-22,25-28,33,37-38H,6-18H2,1-5H3,(H,30,35)(H,31,34)/t19-,21+,22?,25?,26+,27-,28-/m1/s1. The lowest BCUT2D eigenvalue weighted by Crippen LogP contribution is -2.64. The van der Waals surface area contributed by atoms with Crippen LogP contribution in [-0.2, 0) is 23.9 Å². The van der Waals surface area contributed by atoms with Crippen molar-refractivity contribution in [3.8, 4) is 0 Å². The highest BCUT2D eigenvalue weighted by atomic mass is 16.7. The van der Waals surface area contributed by atoms with Gasteiger partial charge in [0.05, 0.1) is 6.61 Å². The van der Waals surface area contributed by atoms with Crippen LogP contribution in [0.4, 0.5) is 0 Å². The zero-order valence-corrected chi connectivity index (χ0v) is 25.1. The molecule has 2 heterocycles. The molecule has 2 unspecified atom stereocenters. The predicted octanol–water partition coefficient (Wildman–Crippen LogP) is 1.47. The lowest BCUT2D eigenvalue weighted by Gasteiger charge is -2.42. The van der Waals surface area contributed by atoms with E-state index in [1.165, 1.54) is 6.92 Å². The van der Waals surface area contributed by atoms with Gasteiger partial charge in [-0.1, -0.05) is 34.1 Å². The summed E-state index contributed by atoms with van der Waals surface area (Å²) >= 11 is 0. The topological polar surface area (TPSA) is 158 Å². The van der Waals surface area contributed by atoms with Crippen LogP contribution in [0, 0.1) is 11.3 Å². The normalized spacial score (nSPS) is 28.9. The molecule has 232 valence electrons. The van der Waals surface area contributed by atoms with Crippen LogP contribution in [0.25, 0.3) is 0 Å². The average molecular weight is 572 g/mol. The van der Waals surface area contributed by atoms with Gasteiger partial charge in [0, 0.05) is 45.5 Å². The third-order valence-electron chi connectivity index (χ3n) is 7.51. The second-order valence-corrected chi connectivity index (χ2v) is 12.7. The van der Waals surface area contributed by atoms with E-state index in [1.54, 1.807) is 0 Å². The minimum atomic E-state index is -1.36. The smallest absolute Gasteiger partial charge is 0.222 e. The van der Waals surface area contributed by atoms with Gasteiger partial charge in [0.15, 0.2) is 6.29 Å². The van der Waals surface area contributed by atoms with Crippen LogP contribution in [0.2, 0.25) is 0 Å². The maximum atomic E-state index is 12.8. The van der Waals surface area contributed by atoms with E-state index in [9.17, 15) is 29.7 Å². The maximum Gasteiger partial charge on any atom is 0.222 e. The number of nitrogens with zero attached hydrogens (tertiary/aromatic N) is 1. The second-order valence-electron chi connectivity index (χ2n) is 12.7. The third-order valence-corrected chi connectivity index (χ3v) is 7.51. The summed E-state index contributed by atoms with van der Waals surface area (Å²) in [4.78, 5) is 38.6. The fourth-order valence-corrected chi connectivity index (χ4v) is 5.59. The van der Waals surface area contributed by atoms with E-state index in [-0.39, 0.29) is 23.8 Å². The van der Waals surface area contributed by atoms with Gasteiger partial charge < -0.3 is 40.3 Å². The summed E-state index contributed by atoms with van der Waals surface area (Å²) in [5, 5.41) is 35.2. The van der Waals surface area contributed by atoms with Gasteiger partial charge in [-0.2, -0.15) is 0 Å². The molecule has 0 saturated carbocycles. The van der Waals surface area contributed by atoms with Crippen LogP contribution in [0.1, 0.15) is 92.4 Å². The van der Waals surface area contributed by atoms with Crippen molar-refractivity contribution in [3.63, 3.8) is 0 Å². The Morgan fingerprint density at radius 2 is 1.73 bits per heavy atom. The molecule has 0 aliphatic carbocycles. The minimum absolute atomic E-state index is 0.0453.